The molecule has 0 spiro atoms. The van der Waals surface area contributed by atoms with E-state index >= 15 is 0 Å². The Hall–Kier alpha value is -2.94. The maximum Gasteiger partial charge on any atom is 0.232 e. The van der Waals surface area contributed by atoms with Crippen LogP contribution in [0, 0.1) is 0 Å². The summed E-state index contributed by atoms with van der Waals surface area (Å²) in [6, 6.07) is 12.2. The van der Waals surface area contributed by atoms with Gasteiger partial charge in [0.15, 0.2) is 11.5 Å². The molecule has 0 bridgehead atoms. The van der Waals surface area contributed by atoms with Crippen LogP contribution in [-0.2, 0) is 14.8 Å². The largest absolute Gasteiger partial charge is 0.496 e. The van der Waals surface area contributed by atoms with Gasteiger partial charge in [-0.3, -0.25) is 9.10 Å². The lowest BCUT2D eigenvalue weighted by molar-refractivity contribution is -0.121. The predicted molar refractivity (Wildman–Crippen MR) is 114 cm³/mol. The Kier molecular flexibility index (Phi) is 6.71. The molecule has 1 heterocycles. The molecule has 3 rings (SSSR count). The maximum absolute atomic E-state index is 12.4. The first-order valence-electron chi connectivity index (χ1n) is 9.59. The van der Waals surface area contributed by atoms with Crippen LogP contribution < -0.4 is 23.8 Å². The van der Waals surface area contributed by atoms with Crippen molar-refractivity contribution in [3.8, 4) is 17.2 Å². The Labute approximate surface area is 176 Å². The van der Waals surface area contributed by atoms with Crippen molar-refractivity contribution in [3.05, 3.63) is 48.0 Å². The molecule has 9 heteroatoms. The molecule has 1 N–H and O–H groups in total. The summed E-state index contributed by atoms with van der Waals surface area (Å²) in [6.07, 6.45) is 1.70. The number of rotatable bonds is 9. The van der Waals surface area contributed by atoms with Crippen LogP contribution in [0.25, 0.3) is 0 Å². The third-order valence-electron chi connectivity index (χ3n) is 4.79. The number of benzene rings is 2. The highest BCUT2D eigenvalue weighted by Gasteiger charge is 2.22. The molecule has 0 saturated heterocycles. The number of anilines is 1. The fourth-order valence-electron chi connectivity index (χ4n) is 3.33. The Morgan fingerprint density at radius 2 is 1.93 bits per heavy atom. The van der Waals surface area contributed by atoms with Crippen molar-refractivity contribution < 1.29 is 27.4 Å². The van der Waals surface area contributed by atoms with Gasteiger partial charge in [0, 0.05) is 24.6 Å². The van der Waals surface area contributed by atoms with E-state index in [9.17, 15) is 13.2 Å². The number of para-hydroxylation sites is 1. The minimum Gasteiger partial charge on any atom is -0.496 e. The number of amides is 1. The lowest BCUT2D eigenvalue weighted by Crippen LogP contribution is -2.32. The number of carbonyl (C=O) groups excluding carboxylic acids is 1. The topological polar surface area (TPSA) is 94.2 Å². The van der Waals surface area contributed by atoms with Crippen molar-refractivity contribution >= 4 is 21.6 Å². The molecule has 1 amide bonds. The van der Waals surface area contributed by atoms with Crippen molar-refractivity contribution in [2.75, 3.05) is 31.0 Å². The Morgan fingerprint density at radius 1 is 1.20 bits per heavy atom. The molecular weight excluding hydrogens is 408 g/mol. The molecule has 30 heavy (non-hydrogen) atoms. The number of methoxy groups -OCH3 is 1. The number of sulfonamides is 1. The number of ether oxygens (including phenoxy) is 3. The summed E-state index contributed by atoms with van der Waals surface area (Å²) >= 11 is 0. The van der Waals surface area contributed by atoms with Gasteiger partial charge in [-0.2, -0.15) is 0 Å². The van der Waals surface area contributed by atoms with Gasteiger partial charge in [-0.1, -0.05) is 18.2 Å². The Bertz CT molecular complexity index is 1010. The van der Waals surface area contributed by atoms with Crippen LogP contribution in [0.1, 0.15) is 31.4 Å². The Balaban J connectivity index is 1.59. The third kappa shape index (κ3) is 5.15. The van der Waals surface area contributed by atoms with Crippen molar-refractivity contribution in [2.45, 2.75) is 25.8 Å². The van der Waals surface area contributed by atoms with E-state index in [1.807, 2.05) is 31.2 Å². The van der Waals surface area contributed by atoms with Crippen molar-refractivity contribution in [3.63, 3.8) is 0 Å². The van der Waals surface area contributed by atoms with Crippen LogP contribution in [0.4, 0.5) is 5.69 Å². The molecule has 2 aromatic carbocycles. The van der Waals surface area contributed by atoms with Crippen LogP contribution in [-0.4, -0.2) is 41.0 Å². The van der Waals surface area contributed by atoms with E-state index in [-0.39, 0.29) is 31.7 Å². The van der Waals surface area contributed by atoms with Gasteiger partial charge in [0.25, 0.3) is 0 Å². The van der Waals surface area contributed by atoms with Gasteiger partial charge in [-0.15, -0.1) is 0 Å². The molecule has 0 unspecified atom stereocenters. The summed E-state index contributed by atoms with van der Waals surface area (Å²) in [5, 5.41) is 2.93. The summed E-state index contributed by atoms with van der Waals surface area (Å²) in [4.78, 5) is 12.4. The lowest BCUT2D eigenvalue weighted by Gasteiger charge is -2.23. The fourth-order valence-corrected chi connectivity index (χ4v) is 4.28. The molecule has 1 aliphatic rings. The molecule has 8 nitrogen and oxygen atoms in total. The first-order chi connectivity index (χ1) is 14.3. The van der Waals surface area contributed by atoms with Crippen molar-refractivity contribution in [2.24, 2.45) is 0 Å². The molecule has 162 valence electrons. The van der Waals surface area contributed by atoms with E-state index in [0.29, 0.717) is 29.4 Å². The predicted octanol–water partition coefficient (Wildman–Crippen LogP) is 2.85. The van der Waals surface area contributed by atoms with Crippen LogP contribution >= 0.6 is 0 Å². The highest BCUT2D eigenvalue weighted by atomic mass is 32.2. The second kappa shape index (κ2) is 9.25. The molecule has 0 radical (unpaired) electrons. The van der Waals surface area contributed by atoms with Gasteiger partial charge in [-0.05, 0) is 31.5 Å². The molecule has 0 aromatic heterocycles. The number of hydrogen-bond acceptors (Lipinski definition) is 6. The zero-order chi connectivity index (χ0) is 21.7. The number of nitrogens with one attached hydrogen (secondary N) is 1. The molecule has 0 fully saturated rings. The number of carbonyl (C=O) groups is 1. The molecular formula is C21H26N2O6S. The van der Waals surface area contributed by atoms with Gasteiger partial charge in [0.1, 0.15) is 5.75 Å². The SMILES string of the molecule is COc1ccccc1[C@H](C)NC(=O)CCCN(c1ccc2c(c1)OCO2)S(C)(=O)=O. The summed E-state index contributed by atoms with van der Waals surface area (Å²) < 4.78 is 41.8. The van der Waals surface area contributed by atoms with Gasteiger partial charge in [0.2, 0.25) is 22.7 Å². The van der Waals surface area contributed by atoms with Crippen LogP contribution in [0.2, 0.25) is 0 Å². The number of hydrogen-bond donors (Lipinski definition) is 1. The molecule has 1 aliphatic heterocycles. The Morgan fingerprint density at radius 3 is 2.67 bits per heavy atom. The zero-order valence-corrected chi connectivity index (χ0v) is 18.1. The monoisotopic (exact) mass is 434 g/mol. The van der Waals surface area contributed by atoms with E-state index in [2.05, 4.69) is 5.32 Å². The van der Waals surface area contributed by atoms with Crippen molar-refractivity contribution in [1.29, 1.82) is 0 Å². The first-order valence-corrected chi connectivity index (χ1v) is 11.4. The summed E-state index contributed by atoms with van der Waals surface area (Å²) in [5.74, 6) is 1.63. The highest BCUT2D eigenvalue weighted by molar-refractivity contribution is 7.92. The minimum atomic E-state index is -3.52. The van der Waals surface area contributed by atoms with E-state index in [4.69, 9.17) is 14.2 Å². The van der Waals surface area contributed by atoms with E-state index in [1.54, 1.807) is 25.3 Å². The summed E-state index contributed by atoms with van der Waals surface area (Å²) in [7, 11) is -1.93. The second-order valence-electron chi connectivity index (χ2n) is 7.01. The molecule has 1 atom stereocenters. The highest BCUT2D eigenvalue weighted by Crippen LogP contribution is 2.36. The smallest absolute Gasteiger partial charge is 0.232 e. The molecule has 0 aliphatic carbocycles. The average Bonchev–Trinajstić information content (AvgIpc) is 3.18. The van der Waals surface area contributed by atoms with Crippen LogP contribution in [0.5, 0.6) is 17.2 Å². The maximum atomic E-state index is 12.4. The van der Waals surface area contributed by atoms with E-state index in [0.717, 1.165) is 11.8 Å². The van der Waals surface area contributed by atoms with Gasteiger partial charge in [-0.25, -0.2) is 8.42 Å². The summed E-state index contributed by atoms with van der Waals surface area (Å²) in [6.45, 7) is 2.17. The van der Waals surface area contributed by atoms with Crippen molar-refractivity contribution in [1.82, 2.24) is 5.32 Å². The number of nitrogens with zero attached hydrogens (tertiary/aromatic N) is 1. The average molecular weight is 435 g/mol. The summed E-state index contributed by atoms with van der Waals surface area (Å²) in [5.41, 5.74) is 1.36. The van der Waals surface area contributed by atoms with E-state index < -0.39 is 10.0 Å². The van der Waals surface area contributed by atoms with Crippen LogP contribution in [0.3, 0.4) is 0 Å². The number of fused-ring (bicyclic) bond motifs is 1. The quantitative estimate of drug-likeness (QED) is 0.652. The fraction of sp³-hybridized carbons (Fsp3) is 0.381. The lowest BCUT2D eigenvalue weighted by atomic mass is 10.1. The van der Waals surface area contributed by atoms with Crippen LogP contribution in [0.15, 0.2) is 42.5 Å². The van der Waals surface area contributed by atoms with Gasteiger partial charge < -0.3 is 19.5 Å². The first kappa shape index (κ1) is 21.8. The van der Waals surface area contributed by atoms with E-state index in [1.165, 1.54) is 4.31 Å². The minimum absolute atomic E-state index is 0.113. The van der Waals surface area contributed by atoms with Gasteiger partial charge in [0.05, 0.1) is 25.1 Å². The standard InChI is InChI=1S/C21H26N2O6S/c1-15(17-7-4-5-8-18(17)27-2)22-21(24)9-6-12-23(30(3,25)26)16-10-11-19-20(13-16)29-14-28-19/h4-5,7-8,10-11,13,15H,6,9,12,14H2,1-3H3,(H,22,24)/t15-/m0/s1. The third-order valence-corrected chi connectivity index (χ3v) is 5.99. The molecule has 2 aromatic rings. The zero-order valence-electron chi connectivity index (χ0n) is 17.3. The van der Waals surface area contributed by atoms with Gasteiger partial charge >= 0.3 is 0 Å². The normalized spacial score (nSPS) is 13.6. The molecule has 0 saturated carbocycles. The second-order valence-corrected chi connectivity index (χ2v) is 8.91.